The number of rotatable bonds is 9. The van der Waals surface area contributed by atoms with Crippen molar-refractivity contribution in [1.82, 2.24) is 0 Å². The maximum absolute atomic E-state index is 11.8. The van der Waals surface area contributed by atoms with Gasteiger partial charge in [0.25, 0.3) is 0 Å². The zero-order chi connectivity index (χ0) is 14.0. The number of alkyl halides is 3. The lowest BCUT2D eigenvalue weighted by atomic mass is 10.1. The number of ether oxygens (including phenoxy) is 1. The topological polar surface area (TPSA) is 52.3 Å². The van der Waals surface area contributed by atoms with E-state index in [9.17, 15) is 18.0 Å². The molecular formula is C12H22F3NO2. The lowest BCUT2D eigenvalue weighted by Crippen LogP contribution is -2.34. The number of carbonyl (C=O) groups is 1. The zero-order valence-electron chi connectivity index (χ0n) is 10.8. The number of nitrogens with two attached hydrogens (primary N) is 1. The average Bonchev–Trinajstić information content (AvgIpc) is 2.26. The van der Waals surface area contributed by atoms with Crippen LogP contribution in [0.15, 0.2) is 0 Å². The summed E-state index contributed by atoms with van der Waals surface area (Å²) >= 11 is 0. The quantitative estimate of drug-likeness (QED) is 0.396. The largest absolute Gasteiger partial charge is 0.490 e. The first-order chi connectivity index (χ1) is 8.38. The Hall–Kier alpha value is -0.780. The second kappa shape index (κ2) is 9.19. The van der Waals surface area contributed by atoms with Crippen molar-refractivity contribution in [2.75, 3.05) is 0 Å². The monoisotopic (exact) mass is 269 g/mol. The molecule has 0 aliphatic carbocycles. The van der Waals surface area contributed by atoms with Crippen LogP contribution in [-0.4, -0.2) is 18.4 Å². The van der Waals surface area contributed by atoms with Crippen molar-refractivity contribution in [2.24, 2.45) is 5.73 Å². The van der Waals surface area contributed by atoms with E-state index in [1.807, 2.05) is 0 Å². The highest BCUT2D eigenvalue weighted by molar-refractivity contribution is 5.75. The van der Waals surface area contributed by atoms with Crippen molar-refractivity contribution in [3.63, 3.8) is 0 Å². The number of hydrogen-bond acceptors (Lipinski definition) is 3. The van der Waals surface area contributed by atoms with Gasteiger partial charge in [-0.2, -0.15) is 13.2 Å². The highest BCUT2D eigenvalue weighted by atomic mass is 19.4. The summed E-state index contributed by atoms with van der Waals surface area (Å²) in [7, 11) is 0. The molecule has 18 heavy (non-hydrogen) atoms. The van der Waals surface area contributed by atoms with Crippen LogP contribution in [0.1, 0.15) is 58.3 Å². The fourth-order valence-corrected chi connectivity index (χ4v) is 1.57. The Bertz CT molecular complexity index is 232. The molecular weight excluding hydrogens is 247 g/mol. The third-order valence-corrected chi connectivity index (χ3v) is 2.58. The van der Waals surface area contributed by atoms with Crippen LogP contribution >= 0.6 is 0 Å². The van der Waals surface area contributed by atoms with Crippen LogP contribution in [0.5, 0.6) is 0 Å². The van der Waals surface area contributed by atoms with Crippen molar-refractivity contribution < 1.29 is 22.7 Å². The summed E-state index contributed by atoms with van der Waals surface area (Å²) in [5.74, 6) is -2.21. The number of carbonyl (C=O) groups excluding carboxylic acids is 1. The Kier molecular flexibility index (Phi) is 8.79. The molecule has 0 heterocycles. The summed E-state index contributed by atoms with van der Waals surface area (Å²) in [5, 5.41) is 0. The first-order valence-electron chi connectivity index (χ1n) is 6.41. The van der Waals surface area contributed by atoms with Crippen molar-refractivity contribution in [1.29, 1.82) is 0 Å². The molecule has 0 amide bonds. The summed E-state index contributed by atoms with van der Waals surface area (Å²) in [5.41, 5.74) is 5.29. The Morgan fingerprint density at radius 3 is 2.11 bits per heavy atom. The minimum Gasteiger partial charge on any atom is -0.440 e. The summed E-state index contributed by atoms with van der Waals surface area (Å²) in [4.78, 5) is 10.5. The molecule has 108 valence electrons. The Labute approximate surface area is 106 Å². The molecule has 0 spiro atoms. The second-order valence-electron chi connectivity index (χ2n) is 4.35. The van der Waals surface area contributed by atoms with Gasteiger partial charge in [-0.15, -0.1) is 0 Å². The molecule has 0 aromatic carbocycles. The van der Waals surface area contributed by atoms with Gasteiger partial charge in [0.1, 0.15) is 0 Å². The van der Waals surface area contributed by atoms with Gasteiger partial charge in [-0.1, -0.05) is 45.4 Å². The van der Waals surface area contributed by atoms with Crippen LogP contribution in [0.3, 0.4) is 0 Å². The lowest BCUT2D eigenvalue weighted by molar-refractivity contribution is -0.204. The van der Waals surface area contributed by atoms with Crippen LogP contribution in [0.25, 0.3) is 0 Å². The molecule has 0 saturated heterocycles. The lowest BCUT2D eigenvalue weighted by Gasteiger charge is -2.14. The van der Waals surface area contributed by atoms with Crippen molar-refractivity contribution in [3.8, 4) is 0 Å². The summed E-state index contributed by atoms with van der Waals surface area (Å²) in [6, 6.07) is 0. The normalized spacial score (nSPS) is 13.4. The van der Waals surface area contributed by atoms with Crippen LogP contribution in [-0.2, 0) is 9.53 Å². The molecule has 1 atom stereocenters. The van der Waals surface area contributed by atoms with E-state index in [2.05, 4.69) is 11.7 Å². The molecule has 0 aliphatic rings. The van der Waals surface area contributed by atoms with Gasteiger partial charge in [0.05, 0.1) is 0 Å². The minimum absolute atomic E-state index is 0.273. The van der Waals surface area contributed by atoms with Gasteiger partial charge >= 0.3 is 12.1 Å². The molecule has 0 rings (SSSR count). The van der Waals surface area contributed by atoms with Gasteiger partial charge in [0, 0.05) is 0 Å². The summed E-state index contributed by atoms with van der Waals surface area (Å²) < 4.78 is 39.6. The maximum Gasteiger partial charge on any atom is 0.490 e. The smallest absolute Gasteiger partial charge is 0.440 e. The van der Waals surface area contributed by atoms with E-state index < -0.39 is 18.4 Å². The van der Waals surface area contributed by atoms with Gasteiger partial charge in [0.2, 0.25) is 0 Å². The molecule has 0 saturated carbocycles. The van der Waals surface area contributed by atoms with Gasteiger partial charge in [0.15, 0.2) is 6.23 Å². The molecule has 0 radical (unpaired) electrons. The van der Waals surface area contributed by atoms with Crippen LogP contribution in [0, 0.1) is 0 Å². The molecule has 3 nitrogen and oxygen atoms in total. The van der Waals surface area contributed by atoms with Crippen LogP contribution < -0.4 is 5.73 Å². The summed E-state index contributed by atoms with van der Waals surface area (Å²) in [6.07, 6.45) is 1.49. The van der Waals surface area contributed by atoms with E-state index in [0.29, 0.717) is 6.42 Å². The van der Waals surface area contributed by atoms with E-state index in [1.54, 1.807) is 0 Å². The second-order valence-corrected chi connectivity index (χ2v) is 4.35. The minimum atomic E-state index is -4.96. The first-order valence-corrected chi connectivity index (χ1v) is 6.41. The predicted molar refractivity (Wildman–Crippen MR) is 62.7 cm³/mol. The predicted octanol–water partition coefficient (Wildman–Crippen LogP) is 3.52. The third kappa shape index (κ3) is 9.27. The van der Waals surface area contributed by atoms with E-state index in [0.717, 1.165) is 19.3 Å². The molecule has 0 fully saturated rings. The van der Waals surface area contributed by atoms with Crippen LogP contribution in [0.4, 0.5) is 13.2 Å². The van der Waals surface area contributed by atoms with Gasteiger partial charge in [-0.25, -0.2) is 4.79 Å². The molecule has 0 aromatic rings. The standard InChI is InChI=1S/C12H22F3NO2/c1-2-3-4-5-6-7-8-9-10(16)18-11(17)12(13,14)15/h10H,2-9,16H2,1H3. The van der Waals surface area contributed by atoms with Crippen molar-refractivity contribution in [3.05, 3.63) is 0 Å². The van der Waals surface area contributed by atoms with Crippen LogP contribution in [0.2, 0.25) is 0 Å². The summed E-state index contributed by atoms with van der Waals surface area (Å²) in [6.45, 7) is 2.13. The first kappa shape index (κ1) is 17.2. The number of unbranched alkanes of at least 4 members (excludes halogenated alkanes) is 6. The zero-order valence-corrected chi connectivity index (χ0v) is 10.8. The van der Waals surface area contributed by atoms with Gasteiger partial charge < -0.3 is 4.74 Å². The molecule has 0 bridgehead atoms. The molecule has 0 aliphatic heterocycles. The Balaban J connectivity index is 3.48. The number of halogens is 3. The van der Waals surface area contributed by atoms with E-state index in [-0.39, 0.29) is 6.42 Å². The van der Waals surface area contributed by atoms with E-state index in [1.165, 1.54) is 19.3 Å². The highest BCUT2D eigenvalue weighted by Gasteiger charge is 2.41. The number of hydrogen-bond donors (Lipinski definition) is 1. The molecule has 6 heteroatoms. The highest BCUT2D eigenvalue weighted by Crippen LogP contribution is 2.18. The molecule has 0 aromatic heterocycles. The number of esters is 1. The van der Waals surface area contributed by atoms with Gasteiger partial charge in [-0.05, 0) is 12.8 Å². The van der Waals surface area contributed by atoms with Crippen molar-refractivity contribution >= 4 is 5.97 Å². The third-order valence-electron chi connectivity index (χ3n) is 2.58. The average molecular weight is 269 g/mol. The van der Waals surface area contributed by atoms with Crippen molar-refractivity contribution in [2.45, 2.75) is 70.7 Å². The fraction of sp³-hybridized carbons (Fsp3) is 0.917. The molecule has 2 N–H and O–H groups in total. The Morgan fingerprint density at radius 2 is 1.61 bits per heavy atom. The fourth-order valence-electron chi connectivity index (χ4n) is 1.57. The molecule has 1 unspecified atom stereocenters. The van der Waals surface area contributed by atoms with E-state index in [4.69, 9.17) is 5.73 Å². The van der Waals surface area contributed by atoms with Gasteiger partial charge in [-0.3, -0.25) is 5.73 Å². The SMILES string of the molecule is CCCCCCCCCC(N)OC(=O)C(F)(F)F. The van der Waals surface area contributed by atoms with E-state index >= 15 is 0 Å². The Morgan fingerprint density at radius 1 is 1.11 bits per heavy atom. The maximum atomic E-state index is 11.8.